The molecule has 0 aliphatic heterocycles. The van der Waals surface area contributed by atoms with Gasteiger partial charge in [-0.2, -0.15) is 0 Å². The largest absolute Gasteiger partial charge is 0.373 e. The number of benzene rings is 1. The number of anilines is 3. The molecule has 0 bridgehead atoms. The molecule has 0 fully saturated rings. The molecular formula is C16H21ClN4. The van der Waals surface area contributed by atoms with Crippen molar-refractivity contribution in [3.05, 3.63) is 40.7 Å². The maximum Gasteiger partial charge on any atom is 0.139 e. The Morgan fingerprint density at radius 2 is 1.57 bits per heavy atom. The molecule has 0 aliphatic carbocycles. The molecule has 0 spiro atoms. The van der Waals surface area contributed by atoms with Gasteiger partial charge >= 0.3 is 0 Å². The van der Waals surface area contributed by atoms with Crippen molar-refractivity contribution < 1.29 is 0 Å². The van der Waals surface area contributed by atoms with Crippen molar-refractivity contribution in [3.8, 4) is 0 Å². The van der Waals surface area contributed by atoms with Gasteiger partial charge in [0.1, 0.15) is 17.5 Å². The van der Waals surface area contributed by atoms with Crippen molar-refractivity contribution in [2.24, 2.45) is 0 Å². The van der Waals surface area contributed by atoms with Crippen LogP contribution in [0.4, 0.5) is 17.3 Å². The summed E-state index contributed by atoms with van der Waals surface area (Å²) in [4.78, 5) is 9.27. The molecule has 1 heterocycles. The number of hydrogen-bond acceptors (Lipinski definition) is 4. The molecule has 0 aliphatic rings. The molecule has 2 rings (SSSR count). The van der Waals surface area contributed by atoms with Crippen LogP contribution in [0.25, 0.3) is 0 Å². The molecule has 0 atom stereocenters. The van der Waals surface area contributed by atoms with Gasteiger partial charge in [0.25, 0.3) is 0 Å². The highest BCUT2D eigenvalue weighted by Gasteiger charge is 2.20. The van der Waals surface area contributed by atoms with E-state index in [1.807, 2.05) is 38.2 Å². The molecule has 0 saturated heterocycles. The maximum absolute atomic E-state index is 5.92. The summed E-state index contributed by atoms with van der Waals surface area (Å²) >= 11 is 5.92. The lowest BCUT2D eigenvalue weighted by Crippen LogP contribution is -2.18. The monoisotopic (exact) mass is 304 g/mol. The lowest BCUT2D eigenvalue weighted by atomic mass is 9.95. The predicted molar refractivity (Wildman–Crippen MR) is 89.8 cm³/mol. The molecule has 0 unspecified atom stereocenters. The zero-order valence-corrected chi connectivity index (χ0v) is 13.8. The highest BCUT2D eigenvalue weighted by Crippen LogP contribution is 2.28. The normalized spacial score (nSPS) is 11.3. The van der Waals surface area contributed by atoms with Gasteiger partial charge in [-0.15, -0.1) is 0 Å². The first-order valence-electron chi connectivity index (χ1n) is 6.90. The minimum Gasteiger partial charge on any atom is -0.373 e. The average molecular weight is 305 g/mol. The van der Waals surface area contributed by atoms with Crippen LogP contribution in [0.1, 0.15) is 32.2 Å². The van der Waals surface area contributed by atoms with Crippen LogP contribution in [0.3, 0.4) is 0 Å². The van der Waals surface area contributed by atoms with Crippen molar-refractivity contribution in [2.45, 2.75) is 33.1 Å². The standard InChI is InChI=1S/C16H21ClN4/c1-10-13(18-5)20-15(16(2,3)4)21-14(10)19-12-8-6-11(17)7-9-12/h6-9H,1-5H3,(H2,18,19,20,21). The van der Waals surface area contributed by atoms with E-state index in [9.17, 15) is 0 Å². The molecule has 21 heavy (non-hydrogen) atoms. The number of rotatable bonds is 3. The molecule has 2 aromatic rings. The Morgan fingerprint density at radius 3 is 2.10 bits per heavy atom. The second kappa shape index (κ2) is 5.90. The average Bonchev–Trinajstić information content (AvgIpc) is 2.42. The van der Waals surface area contributed by atoms with E-state index in [1.165, 1.54) is 0 Å². The summed E-state index contributed by atoms with van der Waals surface area (Å²) in [6.45, 7) is 8.30. The molecule has 1 aromatic carbocycles. The van der Waals surface area contributed by atoms with Crippen LogP contribution in [-0.2, 0) is 5.41 Å². The molecule has 0 saturated carbocycles. The zero-order chi connectivity index (χ0) is 15.6. The summed E-state index contributed by atoms with van der Waals surface area (Å²) in [7, 11) is 1.87. The van der Waals surface area contributed by atoms with Gasteiger partial charge in [-0.1, -0.05) is 32.4 Å². The first-order chi connectivity index (χ1) is 9.81. The van der Waals surface area contributed by atoms with E-state index in [0.29, 0.717) is 5.02 Å². The quantitative estimate of drug-likeness (QED) is 0.875. The van der Waals surface area contributed by atoms with Crippen LogP contribution >= 0.6 is 11.6 Å². The lowest BCUT2D eigenvalue weighted by Gasteiger charge is -2.20. The van der Waals surface area contributed by atoms with Crippen LogP contribution < -0.4 is 10.6 Å². The van der Waals surface area contributed by atoms with Gasteiger partial charge in [-0.3, -0.25) is 0 Å². The molecule has 1 aromatic heterocycles. The van der Waals surface area contributed by atoms with Gasteiger partial charge in [-0.25, -0.2) is 9.97 Å². The Kier molecular flexibility index (Phi) is 4.37. The van der Waals surface area contributed by atoms with E-state index < -0.39 is 0 Å². The Labute approximate surface area is 131 Å². The summed E-state index contributed by atoms with van der Waals surface area (Å²) in [5.74, 6) is 2.45. The van der Waals surface area contributed by atoms with Gasteiger partial charge < -0.3 is 10.6 Å². The van der Waals surface area contributed by atoms with Gasteiger partial charge in [0.2, 0.25) is 0 Å². The predicted octanol–water partition coefficient (Wildman–Crippen LogP) is 4.52. The number of halogens is 1. The fourth-order valence-electron chi connectivity index (χ4n) is 1.89. The summed E-state index contributed by atoms with van der Waals surface area (Å²) in [5, 5.41) is 7.18. The van der Waals surface area contributed by atoms with Crippen molar-refractivity contribution in [2.75, 3.05) is 17.7 Å². The molecule has 5 heteroatoms. The second-order valence-corrected chi connectivity index (χ2v) is 6.44. The van der Waals surface area contributed by atoms with E-state index in [4.69, 9.17) is 11.6 Å². The highest BCUT2D eigenvalue weighted by atomic mass is 35.5. The molecular weight excluding hydrogens is 284 g/mol. The van der Waals surface area contributed by atoms with E-state index in [-0.39, 0.29) is 5.41 Å². The van der Waals surface area contributed by atoms with E-state index in [2.05, 4.69) is 41.4 Å². The minimum atomic E-state index is -0.115. The summed E-state index contributed by atoms with van der Waals surface area (Å²) in [6.07, 6.45) is 0. The Morgan fingerprint density at radius 1 is 1.00 bits per heavy atom. The third kappa shape index (κ3) is 3.64. The van der Waals surface area contributed by atoms with Crippen LogP contribution in [0.2, 0.25) is 5.02 Å². The van der Waals surface area contributed by atoms with Crippen molar-refractivity contribution in [1.82, 2.24) is 9.97 Å². The van der Waals surface area contributed by atoms with E-state index in [0.717, 1.165) is 28.7 Å². The highest BCUT2D eigenvalue weighted by molar-refractivity contribution is 6.30. The van der Waals surface area contributed by atoms with E-state index in [1.54, 1.807) is 0 Å². The van der Waals surface area contributed by atoms with Crippen LogP contribution in [-0.4, -0.2) is 17.0 Å². The fraction of sp³-hybridized carbons (Fsp3) is 0.375. The molecule has 0 amide bonds. The molecule has 4 nitrogen and oxygen atoms in total. The second-order valence-electron chi connectivity index (χ2n) is 6.00. The number of nitrogens with one attached hydrogen (secondary N) is 2. The summed E-state index contributed by atoms with van der Waals surface area (Å²) < 4.78 is 0. The van der Waals surface area contributed by atoms with Gasteiger partial charge in [0.05, 0.1) is 0 Å². The van der Waals surface area contributed by atoms with E-state index >= 15 is 0 Å². The number of aromatic nitrogens is 2. The Balaban J connectivity index is 2.44. The Hall–Kier alpha value is -1.81. The minimum absolute atomic E-state index is 0.115. The number of nitrogens with zero attached hydrogens (tertiary/aromatic N) is 2. The van der Waals surface area contributed by atoms with Gasteiger partial charge in [-0.05, 0) is 31.2 Å². The third-order valence-electron chi connectivity index (χ3n) is 3.16. The fourth-order valence-corrected chi connectivity index (χ4v) is 2.01. The first kappa shape index (κ1) is 15.6. The molecule has 112 valence electrons. The summed E-state index contributed by atoms with van der Waals surface area (Å²) in [6, 6.07) is 7.56. The van der Waals surface area contributed by atoms with Gasteiger partial charge in [0, 0.05) is 28.7 Å². The molecule has 0 radical (unpaired) electrons. The smallest absolute Gasteiger partial charge is 0.139 e. The van der Waals surface area contributed by atoms with Gasteiger partial charge in [0.15, 0.2) is 0 Å². The van der Waals surface area contributed by atoms with Crippen molar-refractivity contribution in [3.63, 3.8) is 0 Å². The molecule has 2 N–H and O–H groups in total. The van der Waals surface area contributed by atoms with Crippen LogP contribution in [0, 0.1) is 6.92 Å². The zero-order valence-electron chi connectivity index (χ0n) is 13.1. The number of hydrogen-bond donors (Lipinski definition) is 2. The lowest BCUT2D eigenvalue weighted by molar-refractivity contribution is 0.546. The maximum atomic E-state index is 5.92. The summed E-state index contributed by atoms with van der Waals surface area (Å²) in [5.41, 5.74) is 1.82. The van der Waals surface area contributed by atoms with Crippen LogP contribution in [0.15, 0.2) is 24.3 Å². The topological polar surface area (TPSA) is 49.8 Å². The SMILES string of the molecule is CNc1nc(C(C)(C)C)nc(Nc2ccc(Cl)cc2)c1C. The van der Waals surface area contributed by atoms with Crippen LogP contribution in [0.5, 0.6) is 0 Å². The van der Waals surface area contributed by atoms with Crippen molar-refractivity contribution in [1.29, 1.82) is 0 Å². The Bertz CT molecular complexity index is 630. The van der Waals surface area contributed by atoms with Crippen molar-refractivity contribution >= 4 is 28.9 Å². The first-order valence-corrected chi connectivity index (χ1v) is 7.28. The third-order valence-corrected chi connectivity index (χ3v) is 3.41.